The summed E-state index contributed by atoms with van der Waals surface area (Å²) in [5.41, 5.74) is 7.08. The van der Waals surface area contributed by atoms with E-state index in [2.05, 4.69) is 17.4 Å². The molecule has 1 aromatic carbocycles. The van der Waals surface area contributed by atoms with Gasteiger partial charge in [0.05, 0.1) is 6.04 Å². The quantitative estimate of drug-likeness (QED) is 0.724. The van der Waals surface area contributed by atoms with Gasteiger partial charge in [-0.3, -0.25) is 4.79 Å². The number of halogens is 1. The Morgan fingerprint density at radius 2 is 2.05 bits per heavy atom. The fourth-order valence-electron chi connectivity index (χ4n) is 1.66. The fraction of sp³-hybridized carbons (Fsp3) is 0.500. The maximum Gasteiger partial charge on any atom is 0.236 e. The van der Waals surface area contributed by atoms with Gasteiger partial charge in [-0.05, 0) is 36.8 Å². The molecule has 0 unspecified atom stereocenters. The van der Waals surface area contributed by atoms with Crippen molar-refractivity contribution in [1.29, 1.82) is 0 Å². The average molecular weight is 303 g/mol. The monoisotopic (exact) mass is 302 g/mol. The largest absolute Gasteiger partial charge is 0.355 e. The van der Waals surface area contributed by atoms with Gasteiger partial charge < -0.3 is 11.1 Å². The van der Waals surface area contributed by atoms with Crippen LogP contribution in [0.4, 0.5) is 0 Å². The molecule has 0 fully saturated rings. The molecule has 0 aliphatic carbocycles. The summed E-state index contributed by atoms with van der Waals surface area (Å²) >= 11 is 1.71. The highest BCUT2D eigenvalue weighted by Gasteiger charge is 2.11. The van der Waals surface area contributed by atoms with Crippen LogP contribution in [0.1, 0.15) is 18.4 Å². The number of hydrogen-bond donors (Lipinski definition) is 2. The summed E-state index contributed by atoms with van der Waals surface area (Å²) < 4.78 is 0. The molecule has 5 heteroatoms. The lowest BCUT2D eigenvalue weighted by Gasteiger charge is -2.11. The molecular weight excluding hydrogens is 280 g/mol. The van der Waals surface area contributed by atoms with E-state index in [1.807, 2.05) is 24.5 Å². The zero-order valence-corrected chi connectivity index (χ0v) is 12.9. The molecular formula is C14H23ClN2OS. The van der Waals surface area contributed by atoms with Gasteiger partial charge in [-0.15, -0.1) is 12.4 Å². The van der Waals surface area contributed by atoms with Gasteiger partial charge in [-0.2, -0.15) is 11.8 Å². The van der Waals surface area contributed by atoms with Crippen molar-refractivity contribution in [2.75, 3.05) is 18.6 Å². The topological polar surface area (TPSA) is 55.1 Å². The number of benzene rings is 1. The van der Waals surface area contributed by atoms with Crippen LogP contribution in [0.5, 0.6) is 0 Å². The van der Waals surface area contributed by atoms with Gasteiger partial charge in [0.1, 0.15) is 0 Å². The van der Waals surface area contributed by atoms with Crippen molar-refractivity contribution in [2.24, 2.45) is 5.73 Å². The molecule has 1 atom stereocenters. The van der Waals surface area contributed by atoms with Gasteiger partial charge >= 0.3 is 0 Å². The summed E-state index contributed by atoms with van der Waals surface area (Å²) in [4.78, 5) is 11.6. The molecule has 0 aliphatic rings. The number of carbonyl (C=O) groups excluding carboxylic acids is 1. The Labute approximate surface area is 126 Å². The Bertz CT molecular complexity index is 349. The number of nitrogens with two attached hydrogens (primary N) is 1. The van der Waals surface area contributed by atoms with E-state index in [9.17, 15) is 4.79 Å². The number of thioether (sulfide) groups is 1. The predicted molar refractivity (Wildman–Crippen MR) is 86.0 cm³/mol. The third kappa shape index (κ3) is 8.14. The van der Waals surface area contributed by atoms with Crippen LogP contribution in [0.3, 0.4) is 0 Å². The summed E-state index contributed by atoms with van der Waals surface area (Å²) in [6.45, 7) is 0.695. The van der Waals surface area contributed by atoms with Crippen molar-refractivity contribution in [3.8, 4) is 0 Å². The molecule has 3 N–H and O–H groups in total. The number of amides is 1. The summed E-state index contributed by atoms with van der Waals surface area (Å²) in [6, 6.07) is 9.92. The van der Waals surface area contributed by atoms with Crippen LogP contribution in [0.2, 0.25) is 0 Å². The number of carbonyl (C=O) groups is 1. The van der Waals surface area contributed by atoms with Crippen molar-refractivity contribution in [2.45, 2.75) is 25.3 Å². The van der Waals surface area contributed by atoms with E-state index >= 15 is 0 Å². The van der Waals surface area contributed by atoms with Crippen LogP contribution in [0, 0.1) is 0 Å². The summed E-state index contributed by atoms with van der Waals surface area (Å²) in [5.74, 6) is 0.899. The highest BCUT2D eigenvalue weighted by Crippen LogP contribution is 2.02. The Hall–Kier alpha value is -0.710. The van der Waals surface area contributed by atoms with Gasteiger partial charge in [0.2, 0.25) is 5.91 Å². The molecule has 0 aromatic heterocycles. The molecule has 3 nitrogen and oxygen atoms in total. The van der Waals surface area contributed by atoms with Gasteiger partial charge in [-0.1, -0.05) is 30.3 Å². The van der Waals surface area contributed by atoms with Crippen LogP contribution in [-0.4, -0.2) is 30.5 Å². The van der Waals surface area contributed by atoms with Crippen molar-refractivity contribution in [1.82, 2.24) is 5.32 Å². The molecule has 1 amide bonds. The van der Waals surface area contributed by atoms with Crippen LogP contribution in [-0.2, 0) is 11.2 Å². The second-order valence-corrected chi connectivity index (χ2v) is 5.25. The highest BCUT2D eigenvalue weighted by molar-refractivity contribution is 7.98. The molecule has 0 heterocycles. The van der Waals surface area contributed by atoms with Gasteiger partial charge in [0, 0.05) is 6.54 Å². The molecule has 0 aliphatic heterocycles. The van der Waals surface area contributed by atoms with Crippen LogP contribution >= 0.6 is 24.2 Å². The zero-order valence-electron chi connectivity index (χ0n) is 11.3. The molecule has 19 heavy (non-hydrogen) atoms. The Morgan fingerprint density at radius 3 is 2.68 bits per heavy atom. The molecule has 1 rings (SSSR count). The third-order valence-corrected chi connectivity index (χ3v) is 3.40. The fourth-order valence-corrected chi connectivity index (χ4v) is 2.15. The number of hydrogen-bond acceptors (Lipinski definition) is 3. The molecule has 0 bridgehead atoms. The van der Waals surface area contributed by atoms with Gasteiger partial charge in [0.25, 0.3) is 0 Å². The number of rotatable bonds is 8. The third-order valence-electron chi connectivity index (χ3n) is 2.75. The lowest BCUT2D eigenvalue weighted by molar-refractivity contribution is -0.122. The minimum Gasteiger partial charge on any atom is -0.355 e. The average Bonchev–Trinajstić information content (AvgIpc) is 2.41. The highest BCUT2D eigenvalue weighted by atomic mass is 35.5. The van der Waals surface area contributed by atoms with E-state index in [1.165, 1.54) is 5.56 Å². The summed E-state index contributed by atoms with van der Waals surface area (Å²) in [7, 11) is 0. The molecule has 0 radical (unpaired) electrons. The molecule has 0 spiro atoms. The minimum atomic E-state index is -0.367. The lowest BCUT2D eigenvalue weighted by Crippen LogP contribution is -2.41. The normalized spacial score (nSPS) is 11.5. The van der Waals surface area contributed by atoms with Crippen LogP contribution in [0.25, 0.3) is 0 Å². The van der Waals surface area contributed by atoms with E-state index in [-0.39, 0.29) is 24.4 Å². The minimum absolute atomic E-state index is 0. The van der Waals surface area contributed by atoms with E-state index in [0.717, 1.165) is 25.0 Å². The first kappa shape index (κ1) is 18.3. The maximum atomic E-state index is 11.6. The molecule has 0 saturated carbocycles. The lowest BCUT2D eigenvalue weighted by atomic mass is 10.1. The van der Waals surface area contributed by atoms with E-state index in [4.69, 9.17) is 5.73 Å². The second-order valence-electron chi connectivity index (χ2n) is 4.27. The van der Waals surface area contributed by atoms with Crippen molar-refractivity contribution < 1.29 is 4.79 Å². The predicted octanol–water partition coefficient (Wildman–Crippen LogP) is 2.24. The van der Waals surface area contributed by atoms with E-state index in [0.29, 0.717) is 6.54 Å². The van der Waals surface area contributed by atoms with E-state index < -0.39 is 0 Å². The van der Waals surface area contributed by atoms with Gasteiger partial charge in [-0.25, -0.2) is 0 Å². The zero-order chi connectivity index (χ0) is 13.2. The Kier molecular flexibility index (Phi) is 10.7. The Morgan fingerprint density at radius 1 is 1.37 bits per heavy atom. The smallest absolute Gasteiger partial charge is 0.236 e. The van der Waals surface area contributed by atoms with Crippen molar-refractivity contribution in [3.05, 3.63) is 35.9 Å². The SMILES string of the molecule is CSCC[C@H](N)C(=O)NCCCc1ccccc1.Cl. The Balaban J connectivity index is 0.00000324. The standard InChI is InChI=1S/C14H22N2OS.ClH/c1-18-11-9-13(15)14(17)16-10-5-8-12-6-3-2-4-7-12;/h2-4,6-7,13H,5,8-11,15H2,1H3,(H,16,17);1H/t13-;/m0./s1. The molecule has 1 aromatic rings. The number of aryl methyl sites for hydroxylation is 1. The van der Waals surface area contributed by atoms with Crippen LogP contribution < -0.4 is 11.1 Å². The first-order chi connectivity index (χ1) is 8.74. The van der Waals surface area contributed by atoms with Crippen molar-refractivity contribution in [3.63, 3.8) is 0 Å². The van der Waals surface area contributed by atoms with Crippen LogP contribution in [0.15, 0.2) is 30.3 Å². The number of nitrogens with one attached hydrogen (secondary N) is 1. The van der Waals surface area contributed by atoms with Crippen molar-refractivity contribution >= 4 is 30.1 Å². The second kappa shape index (κ2) is 11.1. The van der Waals surface area contributed by atoms with Gasteiger partial charge in [0.15, 0.2) is 0 Å². The first-order valence-corrected chi connectivity index (χ1v) is 7.69. The summed E-state index contributed by atoms with van der Waals surface area (Å²) in [6.07, 6.45) is 4.70. The van der Waals surface area contributed by atoms with E-state index in [1.54, 1.807) is 11.8 Å². The summed E-state index contributed by atoms with van der Waals surface area (Å²) in [5, 5.41) is 2.89. The molecule has 0 saturated heterocycles. The molecule has 108 valence electrons. The maximum absolute atomic E-state index is 11.6. The first-order valence-electron chi connectivity index (χ1n) is 6.30.